The summed E-state index contributed by atoms with van der Waals surface area (Å²) in [7, 11) is 1.00. The van der Waals surface area contributed by atoms with Crippen LogP contribution in [-0.4, -0.2) is 77.7 Å². The molecule has 2 atom stereocenters. The number of benzene rings is 2. The van der Waals surface area contributed by atoms with E-state index in [4.69, 9.17) is 9.57 Å². The van der Waals surface area contributed by atoms with Crippen molar-refractivity contribution in [2.45, 2.75) is 77.7 Å². The normalized spacial score (nSPS) is 17.4. The Labute approximate surface area is 252 Å². The zero-order valence-electron chi connectivity index (χ0n) is 26.0. The number of carbonyl (C=O) groups excluding carboxylic acids is 1. The highest BCUT2D eigenvalue weighted by atomic mass is 32.2. The van der Waals surface area contributed by atoms with Crippen molar-refractivity contribution in [1.82, 2.24) is 20.4 Å². The lowest BCUT2D eigenvalue weighted by molar-refractivity contribution is -0.123. The van der Waals surface area contributed by atoms with Gasteiger partial charge in [-0.3, -0.25) is 13.9 Å². The molecule has 0 aliphatic carbocycles. The van der Waals surface area contributed by atoms with E-state index in [9.17, 15) is 13.2 Å². The summed E-state index contributed by atoms with van der Waals surface area (Å²) in [5.74, 6) is -0.0800. The second kappa shape index (κ2) is 16.3. The number of hydrogen-bond donors (Lipinski definition) is 3. The van der Waals surface area contributed by atoms with Gasteiger partial charge in [0, 0.05) is 40.3 Å². The minimum absolute atomic E-state index is 0.0800. The average Bonchev–Trinajstić information content (AvgIpc) is 2.95. The summed E-state index contributed by atoms with van der Waals surface area (Å²) in [6.07, 6.45) is 4.68. The number of aryl methyl sites for hydroxylation is 2. The van der Waals surface area contributed by atoms with Gasteiger partial charge in [-0.15, -0.1) is 0 Å². The molecule has 1 unspecified atom stereocenters. The first-order chi connectivity index (χ1) is 20.0. The molecule has 0 fully saturated rings. The highest BCUT2D eigenvalue weighted by Crippen LogP contribution is 2.24. The van der Waals surface area contributed by atoms with Crippen LogP contribution in [-0.2, 0) is 50.4 Å². The molecule has 0 spiro atoms. The van der Waals surface area contributed by atoms with Crippen LogP contribution in [0.4, 0.5) is 5.69 Å². The van der Waals surface area contributed by atoms with Crippen LogP contribution in [0, 0.1) is 0 Å². The maximum atomic E-state index is 12.8. The third-order valence-corrected chi connectivity index (χ3v) is 9.09. The molecule has 0 radical (unpaired) electrons. The maximum absolute atomic E-state index is 12.8. The summed E-state index contributed by atoms with van der Waals surface area (Å²) in [6.45, 7) is 7.49. The molecule has 11 heteroatoms. The number of anilines is 1. The van der Waals surface area contributed by atoms with Gasteiger partial charge in [0.1, 0.15) is 0 Å². The van der Waals surface area contributed by atoms with Crippen LogP contribution >= 0.6 is 0 Å². The Morgan fingerprint density at radius 3 is 2.40 bits per heavy atom. The van der Waals surface area contributed by atoms with Crippen molar-refractivity contribution in [3.63, 3.8) is 0 Å². The summed E-state index contributed by atoms with van der Waals surface area (Å²) in [5, 5.41) is 6.25. The van der Waals surface area contributed by atoms with Crippen LogP contribution < -0.4 is 20.4 Å². The molecule has 3 rings (SSSR count). The lowest BCUT2D eigenvalue weighted by Crippen LogP contribution is -2.48. The summed E-state index contributed by atoms with van der Waals surface area (Å²) >= 11 is 0. The van der Waals surface area contributed by atoms with E-state index in [2.05, 4.69) is 46.4 Å². The quantitative estimate of drug-likeness (QED) is 0.339. The van der Waals surface area contributed by atoms with Gasteiger partial charge in [0.2, 0.25) is 5.91 Å². The van der Waals surface area contributed by atoms with Crippen molar-refractivity contribution in [2.75, 3.05) is 45.1 Å². The van der Waals surface area contributed by atoms with Crippen LogP contribution in [0.5, 0.6) is 0 Å². The lowest BCUT2D eigenvalue weighted by Gasteiger charge is -2.25. The molecule has 3 N–H and O–H groups in total. The van der Waals surface area contributed by atoms with Crippen molar-refractivity contribution in [3.05, 3.63) is 64.7 Å². The van der Waals surface area contributed by atoms with E-state index in [1.807, 2.05) is 32.9 Å². The van der Waals surface area contributed by atoms with Crippen LogP contribution in [0.25, 0.3) is 0 Å². The Bertz CT molecular complexity index is 1250. The van der Waals surface area contributed by atoms with Crippen molar-refractivity contribution in [1.29, 1.82) is 0 Å². The molecular weight excluding hydrogens is 554 g/mol. The van der Waals surface area contributed by atoms with Crippen molar-refractivity contribution < 1.29 is 22.8 Å². The van der Waals surface area contributed by atoms with Crippen molar-refractivity contribution in [3.8, 4) is 0 Å². The summed E-state index contributed by atoms with van der Waals surface area (Å²) < 4.78 is 33.7. The Kier molecular flexibility index (Phi) is 13.2. The molecule has 0 saturated carbocycles. The maximum Gasteiger partial charge on any atom is 0.303 e. The number of hydrogen-bond acceptors (Lipinski definition) is 7. The number of hydroxylamine groups is 1. The fourth-order valence-electron chi connectivity index (χ4n) is 4.82. The van der Waals surface area contributed by atoms with E-state index < -0.39 is 10.2 Å². The number of fused-ring (bicyclic) bond motifs is 4. The molecule has 1 aliphatic heterocycles. The molecule has 42 heavy (non-hydrogen) atoms. The van der Waals surface area contributed by atoms with Gasteiger partial charge in [0.15, 0.2) is 0 Å². The van der Waals surface area contributed by atoms with Gasteiger partial charge in [-0.25, -0.2) is 0 Å². The number of carbonyl (C=O) groups is 1. The van der Waals surface area contributed by atoms with Gasteiger partial charge in [0.25, 0.3) is 0 Å². The first-order valence-corrected chi connectivity index (χ1v) is 16.2. The van der Waals surface area contributed by atoms with Gasteiger partial charge >= 0.3 is 10.2 Å². The highest BCUT2D eigenvalue weighted by molar-refractivity contribution is 7.90. The fraction of sp³-hybridized carbons (Fsp3) is 0.581. The summed E-state index contributed by atoms with van der Waals surface area (Å²) in [5.41, 5.74) is 8.26. The van der Waals surface area contributed by atoms with Gasteiger partial charge in [-0.1, -0.05) is 30.3 Å². The van der Waals surface area contributed by atoms with E-state index in [1.165, 1.54) is 33.8 Å². The average molecular weight is 604 g/mol. The van der Waals surface area contributed by atoms with E-state index in [0.29, 0.717) is 31.8 Å². The zero-order chi connectivity index (χ0) is 30.7. The molecule has 2 aromatic carbocycles. The first kappa shape index (κ1) is 34.0. The lowest BCUT2D eigenvalue weighted by atomic mass is 9.99. The molecule has 0 saturated heterocycles. The minimum Gasteiger partial charge on any atom is -0.377 e. The topological polar surface area (TPSA) is 112 Å². The van der Waals surface area contributed by atoms with E-state index >= 15 is 0 Å². The SMILES string of the molecule is CC(C)OCCNC(=O)[C@H](C)NCC1Cc2cccc(c2)CCCCc2cc(cc(N(C)S(=O)(=O)N(C)C)c2)CON1. The van der Waals surface area contributed by atoms with Crippen molar-refractivity contribution >= 4 is 21.8 Å². The van der Waals surface area contributed by atoms with Crippen LogP contribution in [0.15, 0.2) is 42.5 Å². The number of nitrogens with one attached hydrogen (secondary N) is 3. The molecular formula is C31H49N5O5S. The highest BCUT2D eigenvalue weighted by Gasteiger charge is 2.22. The van der Waals surface area contributed by atoms with E-state index in [1.54, 1.807) is 7.05 Å². The molecule has 10 nitrogen and oxygen atoms in total. The van der Waals surface area contributed by atoms with E-state index in [-0.39, 0.29) is 30.7 Å². The monoisotopic (exact) mass is 603 g/mol. The second-order valence-corrected chi connectivity index (χ2v) is 13.6. The number of nitrogens with zero attached hydrogens (tertiary/aromatic N) is 2. The Hall–Kier alpha value is -2.54. The third-order valence-electron chi connectivity index (χ3n) is 7.27. The molecule has 234 valence electrons. The van der Waals surface area contributed by atoms with Gasteiger partial charge in [-0.05, 0) is 87.3 Å². The molecule has 2 aromatic rings. The standard InChI is InChI=1S/C31H49N5O5S/c1-23(2)40-15-14-32-31(37)24(3)33-21-29-18-26-13-9-12-25(16-26)10-7-8-11-27-17-28(22-41-34-29)20-30(19-27)36(6)42(38,39)35(4)5/h9,12-13,16-17,19-20,23-24,29,33-34H,7-8,10-11,14-15,18,21-22H2,1-6H3,(H,32,37)/t24-,29?/m0/s1. The fourth-order valence-corrected chi connectivity index (χ4v) is 5.68. The molecule has 0 aromatic heterocycles. The van der Waals surface area contributed by atoms with Crippen molar-refractivity contribution in [2.24, 2.45) is 0 Å². The second-order valence-electron chi connectivity index (χ2n) is 11.4. The number of rotatable bonds is 11. The predicted molar refractivity (Wildman–Crippen MR) is 168 cm³/mol. The molecule has 4 bridgehead atoms. The van der Waals surface area contributed by atoms with Crippen LogP contribution in [0.1, 0.15) is 55.9 Å². The number of amides is 1. The van der Waals surface area contributed by atoms with Gasteiger partial charge in [-0.2, -0.15) is 18.2 Å². The minimum atomic E-state index is -3.63. The molecule has 1 aliphatic rings. The van der Waals surface area contributed by atoms with E-state index in [0.717, 1.165) is 36.8 Å². The Morgan fingerprint density at radius 2 is 1.69 bits per heavy atom. The Morgan fingerprint density at radius 1 is 1.02 bits per heavy atom. The first-order valence-electron chi connectivity index (χ1n) is 14.8. The van der Waals surface area contributed by atoms with Gasteiger partial charge < -0.3 is 15.4 Å². The summed E-state index contributed by atoms with van der Waals surface area (Å²) in [6, 6.07) is 14.0. The van der Waals surface area contributed by atoms with Crippen LogP contribution in [0.2, 0.25) is 0 Å². The summed E-state index contributed by atoms with van der Waals surface area (Å²) in [4.78, 5) is 18.6. The predicted octanol–water partition coefficient (Wildman–Crippen LogP) is 2.96. The largest absolute Gasteiger partial charge is 0.377 e. The van der Waals surface area contributed by atoms with Crippen LogP contribution in [0.3, 0.4) is 0 Å². The Balaban J connectivity index is 1.74. The number of ether oxygens (including phenoxy) is 1. The smallest absolute Gasteiger partial charge is 0.303 e. The molecule has 1 amide bonds. The third kappa shape index (κ3) is 10.6. The van der Waals surface area contributed by atoms with Gasteiger partial charge in [0.05, 0.1) is 31.0 Å². The zero-order valence-corrected chi connectivity index (χ0v) is 26.8. The molecule has 1 heterocycles.